The van der Waals surface area contributed by atoms with Crippen molar-refractivity contribution in [3.63, 3.8) is 0 Å². The molecule has 1 aromatic heterocycles. The number of piperidine rings is 1. The fraction of sp³-hybridized carbons (Fsp3) is 0.389. The van der Waals surface area contributed by atoms with Crippen LogP contribution in [0.4, 0.5) is 0 Å². The zero-order chi connectivity index (χ0) is 16.5. The number of halogens is 1. The molecule has 1 fully saturated rings. The highest BCUT2D eigenvalue weighted by atomic mass is 35.5. The molecule has 0 saturated carbocycles. The van der Waals surface area contributed by atoms with Gasteiger partial charge in [0.2, 0.25) is 0 Å². The van der Waals surface area contributed by atoms with Crippen molar-refractivity contribution in [1.82, 2.24) is 4.90 Å². The van der Waals surface area contributed by atoms with Gasteiger partial charge in [0, 0.05) is 24.0 Å². The molecule has 5 nitrogen and oxygen atoms in total. The number of carbonyl (C=O) groups is 1. The van der Waals surface area contributed by atoms with Crippen LogP contribution in [0, 0.1) is 0 Å². The van der Waals surface area contributed by atoms with E-state index in [2.05, 4.69) is 0 Å². The summed E-state index contributed by atoms with van der Waals surface area (Å²) < 4.78 is 11.2. The molecule has 2 aliphatic rings. The van der Waals surface area contributed by atoms with E-state index in [1.165, 1.54) is 11.3 Å². The van der Waals surface area contributed by atoms with Gasteiger partial charge >= 0.3 is 0 Å². The van der Waals surface area contributed by atoms with E-state index in [-0.39, 0.29) is 24.4 Å². The van der Waals surface area contributed by atoms with Gasteiger partial charge in [0.25, 0.3) is 5.91 Å². The summed E-state index contributed by atoms with van der Waals surface area (Å²) in [6.45, 7) is 2.60. The van der Waals surface area contributed by atoms with Gasteiger partial charge in [-0.2, -0.15) is 0 Å². The van der Waals surface area contributed by atoms with Gasteiger partial charge in [-0.05, 0) is 48.7 Å². The summed E-state index contributed by atoms with van der Waals surface area (Å²) in [6.07, 6.45) is 1.98. The molecule has 25 heavy (non-hydrogen) atoms. The third-order valence-corrected chi connectivity index (χ3v) is 5.51. The van der Waals surface area contributed by atoms with Crippen molar-refractivity contribution in [1.29, 1.82) is 0 Å². The van der Waals surface area contributed by atoms with Gasteiger partial charge in [0.1, 0.15) is 13.2 Å². The molecule has 1 amide bonds. The lowest BCUT2D eigenvalue weighted by Crippen LogP contribution is -2.45. The molecule has 2 N–H and O–H groups in total. The third kappa shape index (κ3) is 3.76. The Morgan fingerprint density at radius 3 is 2.76 bits per heavy atom. The first kappa shape index (κ1) is 18.0. The number of fused-ring (bicyclic) bond motifs is 1. The van der Waals surface area contributed by atoms with Gasteiger partial charge in [-0.1, -0.05) is 0 Å². The maximum Gasteiger partial charge on any atom is 0.263 e. The lowest BCUT2D eigenvalue weighted by Gasteiger charge is -2.30. The van der Waals surface area contributed by atoms with Crippen molar-refractivity contribution >= 4 is 29.7 Å². The van der Waals surface area contributed by atoms with E-state index < -0.39 is 0 Å². The van der Waals surface area contributed by atoms with E-state index in [9.17, 15) is 4.79 Å². The molecule has 2 aromatic rings. The van der Waals surface area contributed by atoms with Gasteiger partial charge in [-0.25, -0.2) is 0 Å². The highest BCUT2D eigenvalue weighted by molar-refractivity contribution is 7.17. The maximum absolute atomic E-state index is 12.7. The van der Waals surface area contributed by atoms with Crippen LogP contribution in [0.15, 0.2) is 30.3 Å². The van der Waals surface area contributed by atoms with Gasteiger partial charge in [-0.15, -0.1) is 23.7 Å². The highest BCUT2D eigenvalue weighted by Gasteiger charge is 2.23. The van der Waals surface area contributed by atoms with Crippen LogP contribution in [0.3, 0.4) is 0 Å². The number of nitrogens with zero attached hydrogens (tertiary/aromatic N) is 1. The van der Waals surface area contributed by atoms with Crippen LogP contribution in [-0.4, -0.2) is 43.2 Å². The number of amides is 1. The monoisotopic (exact) mass is 380 g/mol. The van der Waals surface area contributed by atoms with Gasteiger partial charge in [0.05, 0.1) is 4.88 Å². The van der Waals surface area contributed by atoms with Crippen molar-refractivity contribution in [3.8, 4) is 21.9 Å². The fourth-order valence-electron chi connectivity index (χ4n) is 3.15. The summed E-state index contributed by atoms with van der Waals surface area (Å²) in [6, 6.07) is 9.90. The molecule has 0 spiro atoms. The Hall–Kier alpha value is -1.76. The van der Waals surface area contributed by atoms with Gasteiger partial charge < -0.3 is 20.1 Å². The van der Waals surface area contributed by atoms with E-state index in [0.717, 1.165) is 46.2 Å². The Balaban J connectivity index is 0.00000182. The molecule has 1 unspecified atom stereocenters. The van der Waals surface area contributed by atoms with Crippen molar-refractivity contribution in [3.05, 3.63) is 35.2 Å². The number of hydrogen-bond donors (Lipinski definition) is 1. The van der Waals surface area contributed by atoms with Crippen LogP contribution in [0.2, 0.25) is 0 Å². The molecular formula is C18H21ClN2O3S. The minimum Gasteiger partial charge on any atom is -0.486 e. The maximum atomic E-state index is 12.7. The first-order chi connectivity index (χ1) is 11.7. The average Bonchev–Trinajstić information content (AvgIpc) is 3.11. The summed E-state index contributed by atoms with van der Waals surface area (Å²) >= 11 is 1.51. The largest absolute Gasteiger partial charge is 0.486 e. The first-order valence-electron chi connectivity index (χ1n) is 8.25. The zero-order valence-corrected chi connectivity index (χ0v) is 15.4. The Morgan fingerprint density at radius 2 is 1.96 bits per heavy atom. The number of carbonyl (C=O) groups excluding carboxylic acids is 1. The van der Waals surface area contributed by atoms with Crippen LogP contribution in [0.1, 0.15) is 22.5 Å². The van der Waals surface area contributed by atoms with Gasteiger partial charge in [-0.3, -0.25) is 4.79 Å². The number of ether oxygens (including phenoxy) is 2. The van der Waals surface area contributed by atoms with Crippen molar-refractivity contribution in [2.24, 2.45) is 5.73 Å². The Bertz CT molecular complexity index is 765. The molecule has 0 aliphatic carbocycles. The molecule has 1 aromatic carbocycles. The summed E-state index contributed by atoms with van der Waals surface area (Å²) in [4.78, 5) is 16.3. The van der Waals surface area contributed by atoms with Crippen LogP contribution >= 0.6 is 23.7 Å². The van der Waals surface area contributed by atoms with Crippen LogP contribution in [0.25, 0.3) is 10.4 Å². The lowest BCUT2D eigenvalue weighted by atomic mass is 10.1. The minimum absolute atomic E-state index is 0. The van der Waals surface area contributed by atoms with E-state index in [1.807, 2.05) is 35.2 Å². The lowest BCUT2D eigenvalue weighted by molar-refractivity contribution is 0.0714. The Labute approximate surface area is 157 Å². The second-order valence-corrected chi connectivity index (χ2v) is 7.26. The molecule has 3 heterocycles. The number of rotatable bonds is 2. The Kier molecular flexibility index (Phi) is 5.51. The summed E-state index contributed by atoms with van der Waals surface area (Å²) in [7, 11) is 0. The second kappa shape index (κ2) is 7.64. The zero-order valence-electron chi connectivity index (χ0n) is 13.8. The fourth-order valence-corrected chi connectivity index (χ4v) is 4.13. The van der Waals surface area contributed by atoms with Crippen LogP contribution in [0.5, 0.6) is 11.5 Å². The highest BCUT2D eigenvalue weighted by Crippen LogP contribution is 2.37. The van der Waals surface area contributed by atoms with Crippen molar-refractivity contribution in [2.45, 2.75) is 18.9 Å². The van der Waals surface area contributed by atoms with Crippen molar-refractivity contribution in [2.75, 3.05) is 26.3 Å². The number of nitrogens with two attached hydrogens (primary N) is 1. The Morgan fingerprint density at radius 1 is 1.16 bits per heavy atom. The molecule has 0 radical (unpaired) electrons. The normalized spacial score (nSPS) is 19.2. The first-order valence-corrected chi connectivity index (χ1v) is 9.07. The molecule has 1 saturated heterocycles. The number of hydrogen-bond acceptors (Lipinski definition) is 5. The molecule has 7 heteroatoms. The molecule has 1 atom stereocenters. The second-order valence-electron chi connectivity index (χ2n) is 6.18. The number of likely N-dealkylation sites (tertiary alicyclic amines) is 1. The standard InChI is InChI=1S/C18H20N2O3S.ClH/c19-13-2-1-7-20(11-13)18(21)17-6-5-16(24-17)12-3-4-14-15(10-12)23-9-8-22-14;/h3-6,10,13H,1-2,7-9,11,19H2;1H. The molecule has 2 aliphatic heterocycles. The van der Waals surface area contributed by atoms with E-state index >= 15 is 0 Å². The van der Waals surface area contributed by atoms with Crippen LogP contribution in [-0.2, 0) is 0 Å². The summed E-state index contributed by atoms with van der Waals surface area (Å²) in [5.74, 6) is 1.63. The quantitative estimate of drug-likeness (QED) is 0.869. The predicted molar refractivity (Wildman–Crippen MR) is 101 cm³/mol. The molecular weight excluding hydrogens is 360 g/mol. The molecule has 4 rings (SSSR count). The SMILES string of the molecule is Cl.NC1CCCN(C(=O)c2ccc(-c3ccc4c(c3)OCCO4)s2)C1. The van der Waals surface area contributed by atoms with Crippen LogP contribution < -0.4 is 15.2 Å². The van der Waals surface area contributed by atoms with E-state index in [4.69, 9.17) is 15.2 Å². The van der Waals surface area contributed by atoms with E-state index in [1.54, 1.807) is 0 Å². The number of thiophene rings is 1. The van der Waals surface area contributed by atoms with Crippen molar-refractivity contribution < 1.29 is 14.3 Å². The summed E-state index contributed by atoms with van der Waals surface area (Å²) in [5, 5.41) is 0. The number of benzene rings is 1. The topological polar surface area (TPSA) is 64.8 Å². The predicted octanol–water partition coefficient (Wildman–Crippen LogP) is 3.17. The third-order valence-electron chi connectivity index (χ3n) is 4.39. The van der Waals surface area contributed by atoms with E-state index in [0.29, 0.717) is 19.8 Å². The molecule has 134 valence electrons. The van der Waals surface area contributed by atoms with Gasteiger partial charge in [0.15, 0.2) is 11.5 Å². The summed E-state index contributed by atoms with van der Waals surface area (Å²) in [5.41, 5.74) is 7.03. The molecule has 0 bridgehead atoms. The minimum atomic E-state index is 0. The average molecular weight is 381 g/mol. The smallest absolute Gasteiger partial charge is 0.263 e.